The summed E-state index contributed by atoms with van der Waals surface area (Å²) < 4.78 is 1.05. The number of aryl methyl sites for hydroxylation is 3. The number of amides is 2. The molecule has 3 aromatic rings. The molecule has 1 aliphatic rings. The predicted octanol–water partition coefficient (Wildman–Crippen LogP) is 4.21. The molecule has 0 spiro atoms. The smallest absolute Gasteiger partial charge is 0.231 e. The van der Waals surface area contributed by atoms with E-state index in [9.17, 15) is 9.59 Å². The summed E-state index contributed by atoms with van der Waals surface area (Å²) in [4.78, 5) is 31.3. The molecule has 1 fully saturated rings. The monoisotopic (exact) mass is 379 g/mol. The second-order valence-corrected chi connectivity index (χ2v) is 8.18. The van der Waals surface area contributed by atoms with Crippen molar-refractivity contribution in [3.8, 4) is 0 Å². The summed E-state index contributed by atoms with van der Waals surface area (Å²) in [5, 5.41) is 3.48. The van der Waals surface area contributed by atoms with E-state index in [4.69, 9.17) is 0 Å². The van der Waals surface area contributed by atoms with Gasteiger partial charge in [-0.2, -0.15) is 0 Å². The summed E-state index contributed by atoms with van der Waals surface area (Å²) in [5.41, 5.74) is 5.21. The van der Waals surface area contributed by atoms with Gasteiger partial charge < -0.3 is 10.2 Å². The number of nitrogens with one attached hydrogen (secondary N) is 1. The maximum atomic E-state index is 12.7. The lowest BCUT2D eigenvalue weighted by Gasteiger charge is -2.17. The van der Waals surface area contributed by atoms with Crippen LogP contribution in [0, 0.1) is 26.7 Å². The molecule has 2 aromatic carbocycles. The highest BCUT2D eigenvalue weighted by Crippen LogP contribution is 2.30. The van der Waals surface area contributed by atoms with Crippen LogP contribution in [0.5, 0.6) is 0 Å². The Morgan fingerprint density at radius 1 is 1.15 bits per heavy atom. The van der Waals surface area contributed by atoms with Crippen LogP contribution in [0.2, 0.25) is 0 Å². The molecule has 0 bridgehead atoms. The van der Waals surface area contributed by atoms with Crippen molar-refractivity contribution in [3.05, 3.63) is 53.1 Å². The second kappa shape index (κ2) is 6.78. The number of hydrogen-bond acceptors (Lipinski definition) is 4. The summed E-state index contributed by atoms with van der Waals surface area (Å²) in [5.74, 6) is -0.531. The molecule has 1 saturated heterocycles. The minimum absolute atomic E-state index is 0.0154. The third kappa shape index (κ3) is 3.45. The molecule has 0 saturated carbocycles. The Bertz CT molecular complexity index is 1060. The van der Waals surface area contributed by atoms with E-state index < -0.39 is 0 Å². The molecule has 138 valence electrons. The molecule has 4 rings (SSSR count). The molecular weight excluding hydrogens is 358 g/mol. The third-order valence-electron chi connectivity index (χ3n) is 5.07. The van der Waals surface area contributed by atoms with Crippen LogP contribution in [-0.4, -0.2) is 23.3 Å². The zero-order valence-electron chi connectivity index (χ0n) is 15.6. The fourth-order valence-electron chi connectivity index (χ4n) is 3.32. The van der Waals surface area contributed by atoms with Crippen molar-refractivity contribution in [2.24, 2.45) is 5.92 Å². The van der Waals surface area contributed by atoms with Gasteiger partial charge in [-0.15, -0.1) is 0 Å². The van der Waals surface area contributed by atoms with E-state index in [-0.39, 0.29) is 24.2 Å². The Labute approximate surface area is 162 Å². The van der Waals surface area contributed by atoms with Crippen molar-refractivity contribution < 1.29 is 9.59 Å². The Hall–Kier alpha value is -2.73. The number of carbonyl (C=O) groups excluding carboxylic acids is 2. The Morgan fingerprint density at radius 3 is 2.74 bits per heavy atom. The fourth-order valence-corrected chi connectivity index (χ4v) is 4.29. The predicted molar refractivity (Wildman–Crippen MR) is 109 cm³/mol. The number of anilines is 2. The first-order chi connectivity index (χ1) is 12.9. The number of aromatic nitrogens is 1. The number of carbonyl (C=O) groups is 2. The van der Waals surface area contributed by atoms with Gasteiger partial charge in [-0.3, -0.25) is 9.59 Å². The molecule has 1 N–H and O–H groups in total. The summed E-state index contributed by atoms with van der Waals surface area (Å²) in [6.07, 6.45) is 0.225. The molecule has 1 atom stereocenters. The van der Waals surface area contributed by atoms with E-state index in [1.165, 1.54) is 16.9 Å². The molecule has 5 nitrogen and oxygen atoms in total. The zero-order chi connectivity index (χ0) is 19.1. The van der Waals surface area contributed by atoms with Gasteiger partial charge in [0.1, 0.15) is 0 Å². The first-order valence-electron chi connectivity index (χ1n) is 8.96. The quantitative estimate of drug-likeness (QED) is 0.741. The van der Waals surface area contributed by atoms with Crippen LogP contribution >= 0.6 is 11.3 Å². The minimum atomic E-state index is -0.368. The van der Waals surface area contributed by atoms with Crippen LogP contribution in [0.4, 0.5) is 10.8 Å². The first kappa shape index (κ1) is 17.7. The standard InChI is InChI=1S/C21H21N3O2S/c1-12-4-7-17-18(8-12)27-21(22-17)23-20(26)15-10-19(25)24(11-15)16-6-5-13(2)14(3)9-16/h4-9,15H,10-11H2,1-3H3,(H,22,23,26). The van der Waals surface area contributed by atoms with E-state index in [0.717, 1.165) is 27.0 Å². The minimum Gasteiger partial charge on any atom is -0.312 e. The lowest BCUT2D eigenvalue weighted by Crippen LogP contribution is -2.28. The van der Waals surface area contributed by atoms with Crippen molar-refractivity contribution in [1.29, 1.82) is 0 Å². The number of fused-ring (bicyclic) bond motifs is 1. The number of hydrogen-bond donors (Lipinski definition) is 1. The fraction of sp³-hybridized carbons (Fsp3) is 0.286. The molecule has 1 unspecified atom stereocenters. The Kier molecular flexibility index (Phi) is 4.44. The first-order valence-corrected chi connectivity index (χ1v) is 9.78. The number of rotatable bonds is 3. The number of nitrogens with zero attached hydrogens (tertiary/aromatic N) is 2. The molecule has 27 heavy (non-hydrogen) atoms. The molecule has 1 aromatic heterocycles. The summed E-state index contributed by atoms with van der Waals surface area (Å²) in [7, 11) is 0. The highest BCUT2D eigenvalue weighted by atomic mass is 32.1. The van der Waals surface area contributed by atoms with Gasteiger partial charge in [0.05, 0.1) is 16.1 Å². The van der Waals surface area contributed by atoms with Crippen LogP contribution in [0.3, 0.4) is 0 Å². The van der Waals surface area contributed by atoms with Gasteiger partial charge in [0.25, 0.3) is 0 Å². The van der Waals surface area contributed by atoms with Crippen molar-refractivity contribution in [1.82, 2.24) is 4.98 Å². The highest BCUT2D eigenvalue weighted by Gasteiger charge is 2.35. The van der Waals surface area contributed by atoms with Crippen LogP contribution in [0.25, 0.3) is 10.2 Å². The Morgan fingerprint density at radius 2 is 1.96 bits per heavy atom. The Balaban J connectivity index is 1.49. The van der Waals surface area contributed by atoms with Crippen molar-refractivity contribution in [2.75, 3.05) is 16.8 Å². The molecule has 0 radical (unpaired) electrons. The number of thiazole rings is 1. The van der Waals surface area contributed by atoms with Gasteiger partial charge in [0, 0.05) is 18.7 Å². The molecule has 2 heterocycles. The topological polar surface area (TPSA) is 62.3 Å². The molecule has 0 aliphatic carbocycles. The van der Waals surface area contributed by atoms with Gasteiger partial charge >= 0.3 is 0 Å². The van der Waals surface area contributed by atoms with Crippen LogP contribution in [0.15, 0.2) is 36.4 Å². The van der Waals surface area contributed by atoms with E-state index in [1.807, 2.05) is 51.1 Å². The SMILES string of the molecule is Cc1ccc2nc(NC(=O)C3CC(=O)N(c4ccc(C)c(C)c4)C3)sc2c1. The van der Waals surface area contributed by atoms with E-state index in [0.29, 0.717) is 11.7 Å². The lowest BCUT2D eigenvalue weighted by molar-refractivity contribution is -0.122. The number of benzene rings is 2. The maximum absolute atomic E-state index is 12.7. The third-order valence-corrected chi connectivity index (χ3v) is 6.01. The van der Waals surface area contributed by atoms with E-state index in [1.54, 1.807) is 4.90 Å². The normalized spacial score (nSPS) is 16.9. The molecular formula is C21H21N3O2S. The van der Waals surface area contributed by atoms with Crippen LogP contribution < -0.4 is 10.2 Å². The summed E-state index contributed by atoms with van der Waals surface area (Å²) in [6, 6.07) is 12.0. The van der Waals surface area contributed by atoms with Crippen LogP contribution in [0.1, 0.15) is 23.1 Å². The lowest BCUT2D eigenvalue weighted by atomic mass is 10.1. The summed E-state index contributed by atoms with van der Waals surface area (Å²) in [6.45, 7) is 6.50. The largest absolute Gasteiger partial charge is 0.312 e. The average molecular weight is 379 g/mol. The van der Waals surface area contributed by atoms with Crippen molar-refractivity contribution in [3.63, 3.8) is 0 Å². The highest BCUT2D eigenvalue weighted by molar-refractivity contribution is 7.22. The maximum Gasteiger partial charge on any atom is 0.231 e. The molecule has 6 heteroatoms. The van der Waals surface area contributed by atoms with Gasteiger partial charge in [-0.25, -0.2) is 4.98 Å². The van der Waals surface area contributed by atoms with E-state index >= 15 is 0 Å². The zero-order valence-corrected chi connectivity index (χ0v) is 16.4. The second-order valence-electron chi connectivity index (χ2n) is 7.15. The van der Waals surface area contributed by atoms with Crippen LogP contribution in [-0.2, 0) is 9.59 Å². The molecule has 2 amide bonds. The van der Waals surface area contributed by atoms with Crippen molar-refractivity contribution in [2.45, 2.75) is 27.2 Å². The van der Waals surface area contributed by atoms with E-state index in [2.05, 4.69) is 16.4 Å². The van der Waals surface area contributed by atoms with Gasteiger partial charge in [-0.1, -0.05) is 23.5 Å². The summed E-state index contributed by atoms with van der Waals surface area (Å²) >= 11 is 1.46. The van der Waals surface area contributed by atoms with Crippen molar-refractivity contribution >= 4 is 44.2 Å². The van der Waals surface area contributed by atoms with Gasteiger partial charge in [-0.05, 0) is 61.7 Å². The molecule has 1 aliphatic heterocycles. The average Bonchev–Trinajstić information content (AvgIpc) is 3.20. The van der Waals surface area contributed by atoms with Gasteiger partial charge in [0.2, 0.25) is 11.8 Å². The van der Waals surface area contributed by atoms with Gasteiger partial charge in [0.15, 0.2) is 5.13 Å².